The van der Waals surface area contributed by atoms with E-state index < -0.39 is 0 Å². The summed E-state index contributed by atoms with van der Waals surface area (Å²) < 4.78 is 2.12. The molecule has 1 aromatic rings. The summed E-state index contributed by atoms with van der Waals surface area (Å²) in [5.41, 5.74) is 2.51. The van der Waals surface area contributed by atoms with Gasteiger partial charge >= 0.3 is 0 Å². The normalized spacial score (nSPS) is 21.3. The monoisotopic (exact) mass is 164 g/mol. The fourth-order valence-electron chi connectivity index (χ4n) is 2.13. The zero-order valence-electron chi connectivity index (χ0n) is 6.97. The molecule has 1 fully saturated rings. The van der Waals surface area contributed by atoms with Gasteiger partial charge < -0.3 is 0 Å². The van der Waals surface area contributed by atoms with E-state index in [1.54, 1.807) is 0 Å². The summed E-state index contributed by atoms with van der Waals surface area (Å²) >= 11 is 0. The van der Waals surface area contributed by atoms with Crippen LogP contribution in [0.25, 0.3) is 0 Å². The molecule has 64 valence electrons. The number of aromatic amines is 1. The van der Waals surface area contributed by atoms with Crippen molar-refractivity contribution in [2.75, 3.05) is 0 Å². The maximum Gasteiger partial charge on any atom is 0.267 e. The number of hydrogen-bond acceptors (Lipinski definition) is 1. The van der Waals surface area contributed by atoms with Crippen LogP contribution in [-0.2, 0) is 12.8 Å². The molecule has 0 spiro atoms. The number of H-pyrrole nitrogens is 1. The highest BCUT2D eigenvalue weighted by Crippen LogP contribution is 2.36. The van der Waals surface area contributed by atoms with Gasteiger partial charge in [-0.1, -0.05) is 0 Å². The SMILES string of the molecule is O=c1[nH]n(C2CC2)c2c1CCC2. The maximum absolute atomic E-state index is 11.4. The Morgan fingerprint density at radius 3 is 2.92 bits per heavy atom. The molecule has 3 heteroatoms. The Bertz CT molecular complexity index is 370. The number of fused-ring (bicyclic) bond motifs is 1. The number of nitrogens with one attached hydrogen (secondary N) is 1. The van der Waals surface area contributed by atoms with E-state index in [1.165, 1.54) is 25.0 Å². The van der Waals surface area contributed by atoms with Gasteiger partial charge in [-0.15, -0.1) is 0 Å². The third kappa shape index (κ3) is 0.737. The molecule has 3 nitrogen and oxygen atoms in total. The van der Waals surface area contributed by atoms with Crippen LogP contribution in [0.4, 0.5) is 0 Å². The zero-order chi connectivity index (χ0) is 8.13. The zero-order valence-corrected chi connectivity index (χ0v) is 6.97. The molecule has 1 N–H and O–H groups in total. The van der Waals surface area contributed by atoms with Crippen LogP contribution in [0.5, 0.6) is 0 Å². The quantitative estimate of drug-likeness (QED) is 0.660. The third-order valence-electron chi connectivity index (χ3n) is 2.89. The van der Waals surface area contributed by atoms with Crippen LogP contribution < -0.4 is 5.56 Å². The van der Waals surface area contributed by atoms with E-state index in [4.69, 9.17) is 0 Å². The van der Waals surface area contributed by atoms with Gasteiger partial charge in [-0.05, 0) is 32.1 Å². The minimum atomic E-state index is 0.161. The summed E-state index contributed by atoms with van der Waals surface area (Å²) in [7, 11) is 0. The highest BCUT2D eigenvalue weighted by atomic mass is 16.1. The first kappa shape index (κ1) is 6.52. The van der Waals surface area contributed by atoms with Gasteiger partial charge in [0.1, 0.15) is 0 Å². The van der Waals surface area contributed by atoms with Crippen molar-refractivity contribution in [2.45, 2.75) is 38.1 Å². The fourth-order valence-corrected chi connectivity index (χ4v) is 2.13. The van der Waals surface area contributed by atoms with Gasteiger partial charge in [-0.3, -0.25) is 14.6 Å². The minimum absolute atomic E-state index is 0.161. The van der Waals surface area contributed by atoms with Crippen molar-refractivity contribution in [1.29, 1.82) is 0 Å². The van der Waals surface area contributed by atoms with Crippen LogP contribution in [0.3, 0.4) is 0 Å². The second kappa shape index (κ2) is 2.03. The highest BCUT2D eigenvalue weighted by molar-refractivity contribution is 5.24. The molecule has 0 atom stereocenters. The van der Waals surface area contributed by atoms with Crippen LogP contribution in [0, 0.1) is 0 Å². The lowest BCUT2D eigenvalue weighted by atomic mass is 10.3. The highest BCUT2D eigenvalue weighted by Gasteiger charge is 2.30. The van der Waals surface area contributed by atoms with Crippen molar-refractivity contribution >= 4 is 0 Å². The van der Waals surface area contributed by atoms with E-state index in [-0.39, 0.29) is 5.56 Å². The smallest absolute Gasteiger partial charge is 0.267 e. The lowest BCUT2D eigenvalue weighted by molar-refractivity contribution is 0.600. The van der Waals surface area contributed by atoms with Crippen LogP contribution >= 0.6 is 0 Å². The van der Waals surface area contributed by atoms with Crippen LogP contribution in [-0.4, -0.2) is 9.78 Å². The van der Waals surface area contributed by atoms with Crippen molar-refractivity contribution in [3.63, 3.8) is 0 Å². The third-order valence-corrected chi connectivity index (χ3v) is 2.89. The van der Waals surface area contributed by atoms with E-state index in [1.807, 2.05) is 0 Å². The Kier molecular flexibility index (Phi) is 1.10. The van der Waals surface area contributed by atoms with Gasteiger partial charge in [0.2, 0.25) is 0 Å². The van der Waals surface area contributed by atoms with Crippen LogP contribution in [0.1, 0.15) is 36.6 Å². The molecule has 2 aliphatic rings. The van der Waals surface area contributed by atoms with Gasteiger partial charge in [0.05, 0.1) is 6.04 Å². The van der Waals surface area contributed by atoms with Crippen LogP contribution in [0.2, 0.25) is 0 Å². The average molecular weight is 164 g/mol. The molecular formula is C9H12N2O. The largest absolute Gasteiger partial charge is 0.286 e. The molecule has 0 amide bonds. The molecule has 0 unspecified atom stereocenters. The first-order valence-corrected chi connectivity index (χ1v) is 4.68. The number of hydrogen-bond donors (Lipinski definition) is 1. The fraction of sp³-hybridized carbons (Fsp3) is 0.667. The molecule has 0 aromatic carbocycles. The van der Waals surface area contributed by atoms with E-state index in [0.717, 1.165) is 18.4 Å². The molecule has 1 aromatic heterocycles. The topological polar surface area (TPSA) is 37.8 Å². The van der Waals surface area contributed by atoms with Gasteiger partial charge in [0.25, 0.3) is 5.56 Å². The molecule has 3 rings (SSSR count). The number of nitrogens with zero attached hydrogens (tertiary/aromatic N) is 1. The van der Waals surface area contributed by atoms with Crippen molar-refractivity contribution in [3.05, 3.63) is 21.6 Å². The summed E-state index contributed by atoms with van der Waals surface area (Å²) in [5, 5.41) is 2.94. The molecular weight excluding hydrogens is 152 g/mol. The molecule has 12 heavy (non-hydrogen) atoms. The maximum atomic E-state index is 11.4. The summed E-state index contributed by atoms with van der Waals surface area (Å²) in [6.45, 7) is 0. The van der Waals surface area contributed by atoms with Gasteiger partial charge in [-0.25, -0.2) is 0 Å². The van der Waals surface area contributed by atoms with E-state index in [0.29, 0.717) is 6.04 Å². The molecule has 0 aliphatic heterocycles. The second-order valence-corrected chi connectivity index (χ2v) is 3.82. The summed E-state index contributed by atoms with van der Waals surface area (Å²) in [4.78, 5) is 11.4. The van der Waals surface area contributed by atoms with E-state index in [9.17, 15) is 4.79 Å². The molecule has 2 aliphatic carbocycles. The van der Waals surface area contributed by atoms with Crippen molar-refractivity contribution < 1.29 is 0 Å². The van der Waals surface area contributed by atoms with Crippen LogP contribution in [0.15, 0.2) is 4.79 Å². The average Bonchev–Trinajstić information content (AvgIpc) is 2.68. The predicted octanol–water partition coefficient (Wildman–Crippen LogP) is 1.00. The van der Waals surface area contributed by atoms with Gasteiger partial charge in [0, 0.05) is 11.3 Å². The molecule has 1 heterocycles. The Morgan fingerprint density at radius 2 is 2.17 bits per heavy atom. The van der Waals surface area contributed by atoms with Crippen molar-refractivity contribution in [3.8, 4) is 0 Å². The van der Waals surface area contributed by atoms with E-state index >= 15 is 0 Å². The van der Waals surface area contributed by atoms with Crippen molar-refractivity contribution in [2.24, 2.45) is 0 Å². The van der Waals surface area contributed by atoms with Crippen molar-refractivity contribution in [1.82, 2.24) is 9.78 Å². The molecule has 0 radical (unpaired) electrons. The standard InChI is InChI=1S/C9H12N2O/c12-9-7-2-1-3-8(7)11(10-9)6-4-5-6/h6H,1-5H2,(H,10,12). The Labute approximate surface area is 70.4 Å². The first-order chi connectivity index (χ1) is 5.86. The summed E-state index contributed by atoms with van der Waals surface area (Å²) in [6, 6.07) is 0.625. The Hall–Kier alpha value is -0.990. The summed E-state index contributed by atoms with van der Waals surface area (Å²) in [5.74, 6) is 0. The predicted molar refractivity (Wildman–Crippen MR) is 45.3 cm³/mol. The minimum Gasteiger partial charge on any atom is -0.286 e. The number of rotatable bonds is 1. The first-order valence-electron chi connectivity index (χ1n) is 4.68. The van der Waals surface area contributed by atoms with Gasteiger partial charge in [-0.2, -0.15) is 0 Å². The molecule has 0 bridgehead atoms. The number of aromatic nitrogens is 2. The lowest BCUT2D eigenvalue weighted by Crippen LogP contribution is -2.08. The molecule has 0 saturated heterocycles. The summed E-state index contributed by atoms with van der Waals surface area (Å²) in [6.07, 6.45) is 5.75. The molecule has 1 saturated carbocycles. The Balaban J connectivity index is 2.20. The lowest BCUT2D eigenvalue weighted by Gasteiger charge is -2.02. The second-order valence-electron chi connectivity index (χ2n) is 3.82. The Morgan fingerprint density at radius 1 is 1.33 bits per heavy atom. The van der Waals surface area contributed by atoms with Gasteiger partial charge in [0.15, 0.2) is 0 Å². The van der Waals surface area contributed by atoms with E-state index in [2.05, 4.69) is 9.78 Å².